The average Bonchev–Trinajstić information content (AvgIpc) is 3.58. The molecule has 2 aromatic heterocycles. The van der Waals surface area contributed by atoms with Gasteiger partial charge in [-0.25, -0.2) is 4.68 Å². The van der Waals surface area contributed by atoms with Crippen molar-refractivity contribution in [3.63, 3.8) is 0 Å². The van der Waals surface area contributed by atoms with E-state index >= 15 is 0 Å². The molecule has 35 heavy (non-hydrogen) atoms. The first-order valence-electron chi connectivity index (χ1n) is 12.1. The summed E-state index contributed by atoms with van der Waals surface area (Å²) in [6.45, 7) is 3.75. The van der Waals surface area contributed by atoms with Gasteiger partial charge in [0, 0.05) is 48.9 Å². The molecule has 176 valence electrons. The van der Waals surface area contributed by atoms with Gasteiger partial charge >= 0.3 is 0 Å². The van der Waals surface area contributed by atoms with Crippen molar-refractivity contribution in [2.45, 2.75) is 25.9 Å². The van der Waals surface area contributed by atoms with Crippen molar-refractivity contribution in [1.82, 2.24) is 25.0 Å². The van der Waals surface area contributed by atoms with Crippen LogP contribution in [0.1, 0.15) is 29.5 Å². The highest BCUT2D eigenvalue weighted by Gasteiger charge is 2.14. The highest BCUT2D eigenvalue weighted by molar-refractivity contribution is 5.92. The summed E-state index contributed by atoms with van der Waals surface area (Å²) >= 11 is 0. The maximum absolute atomic E-state index is 12.7. The van der Waals surface area contributed by atoms with E-state index in [2.05, 4.69) is 33.4 Å². The van der Waals surface area contributed by atoms with Crippen LogP contribution in [0.15, 0.2) is 91.4 Å². The number of hydrogen-bond acceptors (Lipinski definition) is 4. The number of benzene rings is 2. The molecule has 0 bridgehead atoms. The lowest BCUT2D eigenvalue weighted by Crippen LogP contribution is -2.23. The highest BCUT2D eigenvalue weighted by Crippen LogP contribution is 2.24. The largest absolute Gasteiger partial charge is 0.348 e. The van der Waals surface area contributed by atoms with E-state index in [0.717, 1.165) is 47.7 Å². The van der Waals surface area contributed by atoms with Crippen LogP contribution in [0.4, 0.5) is 0 Å². The molecule has 4 aromatic rings. The van der Waals surface area contributed by atoms with Crippen molar-refractivity contribution in [2.75, 3.05) is 13.1 Å². The number of amides is 1. The summed E-state index contributed by atoms with van der Waals surface area (Å²) in [6.07, 6.45) is 11.4. The van der Waals surface area contributed by atoms with E-state index in [1.807, 2.05) is 65.5 Å². The van der Waals surface area contributed by atoms with Crippen molar-refractivity contribution in [2.24, 2.45) is 0 Å². The SMILES string of the molecule is O=C(/C=C/c1cn(-c2ccccc2)nc1-c1cccnc1)NCc1ccccc1CN1CCCC1. The number of hydrogen-bond donors (Lipinski definition) is 1. The molecule has 0 spiro atoms. The van der Waals surface area contributed by atoms with Crippen molar-refractivity contribution in [3.8, 4) is 16.9 Å². The molecule has 1 aliphatic rings. The molecule has 0 saturated carbocycles. The lowest BCUT2D eigenvalue weighted by Gasteiger charge is -2.17. The van der Waals surface area contributed by atoms with Gasteiger partial charge in [-0.05, 0) is 67.4 Å². The number of pyridine rings is 1. The van der Waals surface area contributed by atoms with Crippen LogP contribution in [0.2, 0.25) is 0 Å². The smallest absolute Gasteiger partial charge is 0.244 e. The van der Waals surface area contributed by atoms with Crippen molar-refractivity contribution >= 4 is 12.0 Å². The zero-order valence-electron chi connectivity index (χ0n) is 19.7. The van der Waals surface area contributed by atoms with Gasteiger partial charge in [0.25, 0.3) is 0 Å². The summed E-state index contributed by atoms with van der Waals surface area (Å²) in [6, 6.07) is 22.1. The standard InChI is InChI=1S/C29H29N5O/c35-28(31-20-23-9-4-5-10-25(23)21-33-17-6-7-18-33)15-14-26-22-34(27-12-2-1-3-13-27)32-29(26)24-11-8-16-30-19-24/h1-5,8-16,19,22H,6-7,17-18,20-21H2,(H,31,35)/b15-14+. The van der Waals surface area contributed by atoms with Crippen LogP contribution in [0.3, 0.4) is 0 Å². The Bertz CT molecular complexity index is 1290. The molecule has 0 radical (unpaired) electrons. The van der Waals surface area contributed by atoms with Crippen molar-refractivity contribution in [3.05, 3.63) is 108 Å². The van der Waals surface area contributed by atoms with Gasteiger partial charge in [0.1, 0.15) is 5.69 Å². The topological polar surface area (TPSA) is 63.1 Å². The molecule has 2 aromatic carbocycles. The molecule has 6 heteroatoms. The fourth-order valence-electron chi connectivity index (χ4n) is 4.42. The molecule has 3 heterocycles. The quantitative estimate of drug-likeness (QED) is 0.379. The Hall–Kier alpha value is -4.03. The summed E-state index contributed by atoms with van der Waals surface area (Å²) in [5.41, 5.74) is 5.93. The zero-order chi connectivity index (χ0) is 23.9. The van der Waals surface area contributed by atoms with Crippen LogP contribution in [0.25, 0.3) is 23.0 Å². The summed E-state index contributed by atoms with van der Waals surface area (Å²) in [5.74, 6) is -0.134. The second kappa shape index (κ2) is 10.9. The lowest BCUT2D eigenvalue weighted by molar-refractivity contribution is -0.116. The van der Waals surface area contributed by atoms with Gasteiger partial charge in [0.05, 0.1) is 5.69 Å². The van der Waals surface area contributed by atoms with E-state index in [1.165, 1.54) is 18.4 Å². The predicted molar refractivity (Wildman–Crippen MR) is 139 cm³/mol. The highest BCUT2D eigenvalue weighted by atomic mass is 16.1. The maximum Gasteiger partial charge on any atom is 0.244 e. The summed E-state index contributed by atoms with van der Waals surface area (Å²) in [7, 11) is 0. The van der Waals surface area contributed by atoms with Crippen LogP contribution >= 0.6 is 0 Å². The molecule has 0 unspecified atom stereocenters. The molecule has 6 nitrogen and oxygen atoms in total. The molecule has 1 aliphatic heterocycles. The number of carbonyl (C=O) groups excluding carboxylic acids is 1. The molecule has 1 amide bonds. The van der Waals surface area contributed by atoms with Crippen LogP contribution in [0.5, 0.6) is 0 Å². The van der Waals surface area contributed by atoms with Gasteiger partial charge in [0.15, 0.2) is 0 Å². The van der Waals surface area contributed by atoms with E-state index in [4.69, 9.17) is 5.10 Å². The minimum absolute atomic E-state index is 0.134. The number of rotatable bonds is 8. The minimum atomic E-state index is -0.134. The Balaban J connectivity index is 1.31. The predicted octanol–water partition coefficient (Wildman–Crippen LogP) is 4.86. The van der Waals surface area contributed by atoms with E-state index in [-0.39, 0.29) is 5.91 Å². The summed E-state index contributed by atoms with van der Waals surface area (Å²) in [5, 5.41) is 7.82. The third-order valence-corrected chi connectivity index (χ3v) is 6.28. The minimum Gasteiger partial charge on any atom is -0.348 e. The molecule has 5 rings (SSSR count). The van der Waals surface area contributed by atoms with Gasteiger partial charge < -0.3 is 5.32 Å². The Morgan fingerprint density at radius 1 is 0.943 bits per heavy atom. The maximum atomic E-state index is 12.7. The van der Waals surface area contributed by atoms with Gasteiger partial charge in [-0.2, -0.15) is 5.10 Å². The average molecular weight is 464 g/mol. The van der Waals surface area contributed by atoms with Crippen molar-refractivity contribution < 1.29 is 4.79 Å². The molecule has 0 aliphatic carbocycles. The van der Waals surface area contributed by atoms with E-state index in [1.54, 1.807) is 18.5 Å². The van der Waals surface area contributed by atoms with Crippen molar-refractivity contribution in [1.29, 1.82) is 0 Å². The number of carbonyl (C=O) groups is 1. The van der Waals surface area contributed by atoms with E-state index in [0.29, 0.717) is 6.54 Å². The van der Waals surface area contributed by atoms with Crippen LogP contribution in [0, 0.1) is 0 Å². The molecular weight excluding hydrogens is 434 g/mol. The normalized spacial score (nSPS) is 13.9. The van der Waals surface area contributed by atoms with Gasteiger partial charge in [-0.3, -0.25) is 14.7 Å². The second-order valence-electron chi connectivity index (χ2n) is 8.76. The third kappa shape index (κ3) is 5.73. The first kappa shape index (κ1) is 22.7. The number of nitrogens with zero attached hydrogens (tertiary/aromatic N) is 4. The van der Waals surface area contributed by atoms with Crippen LogP contribution in [-0.2, 0) is 17.9 Å². The fourth-order valence-corrected chi connectivity index (χ4v) is 4.42. The number of aromatic nitrogens is 3. The van der Waals surface area contributed by atoms with Crippen LogP contribution < -0.4 is 5.32 Å². The summed E-state index contributed by atoms with van der Waals surface area (Å²) < 4.78 is 1.83. The van der Waals surface area contributed by atoms with Crippen LogP contribution in [-0.4, -0.2) is 38.7 Å². The Morgan fingerprint density at radius 3 is 2.49 bits per heavy atom. The fraction of sp³-hybridized carbons (Fsp3) is 0.207. The number of para-hydroxylation sites is 1. The van der Waals surface area contributed by atoms with Gasteiger partial charge in [-0.1, -0.05) is 42.5 Å². The molecule has 1 saturated heterocycles. The third-order valence-electron chi connectivity index (χ3n) is 6.28. The number of nitrogens with one attached hydrogen (secondary N) is 1. The molecule has 0 atom stereocenters. The van der Waals surface area contributed by atoms with E-state index in [9.17, 15) is 4.79 Å². The van der Waals surface area contributed by atoms with Gasteiger partial charge in [0.2, 0.25) is 5.91 Å². The zero-order valence-corrected chi connectivity index (χ0v) is 19.7. The Morgan fingerprint density at radius 2 is 1.71 bits per heavy atom. The molecule has 1 fully saturated rings. The first-order valence-corrected chi connectivity index (χ1v) is 12.1. The molecular formula is C29H29N5O. The molecule has 1 N–H and O–H groups in total. The van der Waals surface area contributed by atoms with Gasteiger partial charge in [-0.15, -0.1) is 0 Å². The van der Waals surface area contributed by atoms with E-state index < -0.39 is 0 Å². The Labute approximate surface area is 205 Å². The number of likely N-dealkylation sites (tertiary alicyclic amines) is 1. The first-order chi connectivity index (χ1) is 17.3. The second-order valence-corrected chi connectivity index (χ2v) is 8.76. The summed E-state index contributed by atoms with van der Waals surface area (Å²) in [4.78, 5) is 19.4. The Kier molecular flexibility index (Phi) is 7.10. The lowest BCUT2D eigenvalue weighted by atomic mass is 10.1. The monoisotopic (exact) mass is 463 g/mol.